The van der Waals surface area contributed by atoms with Crippen molar-refractivity contribution in [1.82, 2.24) is 0 Å². The van der Waals surface area contributed by atoms with Gasteiger partial charge in [0.05, 0.1) is 6.61 Å². The maximum Gasteiger partial charge on any atom is 0.573 e. The Morgan fingerprint density at radius 3 is 2.44 bits per heavy atom. The van der Waals surface area contributed by atoms with Gasteiger partial charge < -0.3 is 15.2 Å². The minimum Gasteiger partial charge on any atom is -0.406 e. The van der Waals surface area contributed by atoms with Crippen molar-refractivity contribution in [2.24, 2.45) is 5.73 Å². The standard InChI is InChI=1S/C12H14F3NO2/c13-12(14,15)18-10-3-1-9(2-4-10)7-11(16)5-6-17-8-11/h1-4H,5-8,16H2. The fourth-order valence-electron chi connectivity index (χ4n) is 1.98. The third-order valence-corrected chi connectivity index (χ3v) is 2.85. The van der Waals surface area contributed by atoms with Gasteiger partial charge in [-0.25, -0.2) is 0 Å². The molecule has 1 atom stereocenters. The van der Waals surface area contributed by atoms with Crippen molar-refractivity contribution in [3.8, 4) is 5.75 Å². The van der Waals surface area contributed by atoms with E-state index in [1.807, 2.05) is 0 Å². The third kappa shape index (κ3) is 3.61. The summed E-state index contributed by atoms with van der Waals surface area (Å²) in [7, 11) is 0. The highest BCUT2D eigenvalue weighted by molar-refractivity contribution is 5.28. The molecule has 0 saturated carbocycles. The van der Waals surface area contributed by atoms with Gasteiger partial charge in [0.2, 0.25) is 0 Å². The van der Waals surface area contributed by atoms with E-state index in [9.17, 15) is 13.2 Å². The fourth-order valence-corrected chi connectivity index (χ4v) is 1.98. The Hall–Kier alpha value is -1.27. The van der Waals surface area contributed by atoms with Crippen LogP contribution in [0.15, 0.2) is 24.3 Å². The van der Waals surface area contributed by atoms with Crippen LogP contribution in [-0.4, -0.2) is 25.1 Å². The second kappa shape index (κ2) is 4.78. The number of halogens is 3. The smallest absolute Gasteiger partial charge is 0.406 e. The van der Waals surface area contributed by atoms with Crippen LogP contribution >= 0.6 is 0 Å². The lowest BCUT2D eigenvalue weighted by atomic mass is 9.91. The lowest BCUT2D eigenvalue weighted by Crippen LogP contribution is -2.42. The summed E-state index contributed by atoms with van der Waals surface area (Å²) in [4.78, 5) is 0. The topological polar surface area (TPSA) is 44.5 Å². The molecule has 18 heavy (non-hydrogen) atoms. The van der Waals surface area contributed by atoms with Gasteiger partial charge in [-0.2, -0.15) is 0 Å². The van der Waals surface area contributed by atoms with E-state index >= 15 is 0 Å². The number of rotatable bonds is 3. The molecule has 1 aliphatic rings. The van der Waals surface area contributed by atoms with Crippen molar-refractivity contribution in [2.75, 3.05) is 13.2 Å². The van der Waals surface area contributed by atoms with Crippen LogP contribution in [0, 0.1) is 0 Å². The molecule has 3 nitrogen and oxygen atoms in total. The number of hydrogen-bond acceptors (Lipinski definition) is 3. The van der Waals surface area contributed by atoms with Crippen LogP contribution < -0.4 is 10.5 Å². The van der Waals surface area contributed by atoms with Crippen LogP contribution in [0.4, 0.5) is 13.2 Å². The Bertz CT molecular complexity index is 397. The van der Waals surface area contributed by atoms with E-state index in [0.29, 0.717) is 19.6 Å². The predicted molar refractivity (Wildman–Crippen MR) is 59.2 cm³/mol. The normalized spacial score (nSPS) is 24.2. The molecule has 0 radical (unpaired) electrons. The van der Waals surface area contributed by atoms with Gasteiger partial charge in [0, 0.05) is 12.1 Å². The molecular formula is C12H14F3NO2. The van der Waals surface area contributed by atoms with Crippen molar-refractivity contribution in [2.45, 2.75) is 24.7 Å². The molecule has 1 aromatic carbocycles. The molecule has 100 valence electrons. The summed E-state index contributed by atoms with van der Waals surface area (Å²) in [5.41, 5.74) is 6.56. The first-order valence-electron chi connectivity index (χ1n) is 5.58. The Morgan fingerprint density at radius 2 is 1.94 bits per heavy atom. The van der Waals surface area contributed by atoms with Crippen LogP contribution in [0.2, 0.25) is 0 Å². The van der Waals surface area contributed by atoms with Gasteiger partial charge in [-0.1, -0.05) is 12.1 Å². The second-order valence-corrected chi connectivity index (χ2v) is 4.53. The van der Waals surface area contributed by atoms with E-state index in [4.69, 9.17) is 10.5 Å². The van der Waals surface area contributed by atoms with Gasteiger partial charge in [-0.05, 0) is 30.5 Å². The number of alkyl halides is 3. The number of benzene rings is 1. The highest BCUT2D eigenvalue weighted by Gasteiger charge is 2.32. The molecular weight excluding hydrogens is 247 g/mol. The second-order valence-electron chi connectivity index (χ2n) is 4.53. The zero-order valence-corrected chi connectivity index (χ0v) is 9.67. The first kappa shape index (κ1) is 13.2. The van der Waals surface area contributed by atoms with Crippen molar-refractivity contribution in [3.05, 3.63) is 29.8 Å². The van der Waals surface area contributed by atoms with Crippen LogP contribution in [-0.2, 0) is 11.2 Å². The summed E-state index contributed by atoms with van der Waals surface area (Å²) < 4.78 is 44.9. The summed E-state index contributed by atoms with van der Waals surface area (Å²) in [5.74, 6) is -0.222. The van der Waals surface area contributed by atoms with Crippen molar-refractivity contribution >= 4 is 0 Å². The lowest BCUT2D eigenvalue weighted by molar-refractivity contribution is -0.274. The molecule has 2 N–H and O–H groups in total. The average Bonchev–Trinajstić information content (AvgIpc) is 2.66. The first-order valence-corrected chi connectivity index (χ1v) is 5.58. The van der Waals surface area contributed by atoms with Gasteiger partial charge in [-0.15, -0.1) is 13.2 Å². The molecule has 0 spiro atoms. The molecule has 1 saturated heterocycles. The Labute approximate surface area is 103 Å². The minimum atomic E-state index is -4.66. The largest absolute Gasteiger partial charge is 0.573 e. The fraction of sp³-hybridized carbons (Fsp3) is 0.500. The SMILES string of the molecule is NC1(Cc2ccc(OC(F)(F)F)cc2)CCOC1. The molecule has 1 heterocycles. The Morgan fingerprint density at radius 1 is 1.28 bits per heavy atom. The summed E-state index contributed by atoms with van der Waals surface area (Å²) in [6, 6.07) is 5.77. The molecule has 0 aromatic heterocycles. The molecule has 1 aliphatic heterocycles. The van der Waals surface area contributed by atoms with Crippen LogP contribution in [0.5, 0.6) is 5.75 Å². The minimum absolute atomic E-state index is 0.222. The van der Waals surface area contributed by atoms with Crippen LogP contribution in [0.3, 0.4) is 0 Å². The maximum absolute atomic E-state index is 12.0. The van der Waals surface area contributed by atoms with E-state index in [1.165, 1.54) is 12.1 Å². The molecule has 1 aromatic rings. The third-order valence-electron chi connectivity index (χ3n) is 2.85. The van der Waals surface area contributed by atoms with Crippen LogP contribution in [0.25, 0.3) is 0 Å². The van der Waals surface area contributed by atoms with Gasteiger partial charge in [0.1, 0.15) is 5.75 Å². The van der Waals surface area contributed by atoms with Crippen molar-refractivity contribution < 1.29 is 22.6 Å². The summed E-state index contributed by atoms with van der Waals surface area (Å²) in [5, 5.41) is 0. The molecule has 0 aliphatic carbocycles. The summed E-state index contributed by atoms with van der Waals surface area (Å²) >= 11 is 0. The van der Waals surface area contributed by atoms with Gasteiger partial charge >= 0.3 is 6.36 Å². The number of hydrogen-bond donors (Lipinski definition) is 1. The van der Waals surface area contributed by atoms with Crippen molar-refractivity contribution in [1.29, 1.82) is 0 Å². The molecule has 0 amide bonds. The predicted octanol–water partition coefficient (Wildman–Crippen LogP) is 2.25. The van der Waals surface area contributed by atoms with Gasteiger partial charge in [-0.3, -0.25) is 0 Å². The Balaban J connectivity index is 1.99. The van der Waals surface area contributed by atoms with Crippen molar-refractivity contribution in [3.63, 3.8) is 0 Å². The highest BCUT2D eigenvalue weighted by atomic mass is 19.4. The molecule has 0 bridgehead atoms. The number of ether oxygens (including phenoxy) is 2. The molecule has 6 heteroatoms. The highest BCUT2D eigenvalue weighted by Crippen LogP contribution is 2.25. The zero-order valence-electron chi connectivity index (χ0n) is 9.67. The van der Waals surface area contributed by atoms with Gasteiger partial charge in [0.25, 0.3) is 0 Å². The van der Waals surface area contributed by atoms with Gasteiger partial charge in [0.15, 0.2) is 0 Å². The van der Waals surface area contributed by atoms with E-state index in [2.05, 4.69) is 4.74 Å². The summed E-state index contributed by atoms with van der Waals surface area (Å²) in [6.45, 7) is 1.11. The van der Waals surface area contributed by atoms with E-state index in [0.717, 1.165) is 12.0 Å². The maximum atomic E-state index is 12.0. The number of nitrogens with two attached hydrogens (primary N) is 1. The summed E-state index contributed by atoms with van der Waals surface area (Å²) in [6.07, 6.45) is -3.32. The first-order chi connectivity index (χ1) is 8.36. The van der Waals surface area contributed by atoms with E-state index in [-0.39, 0.29) is 5.75 Å². The molecule has 1 unspecified atom stereocenters. The molecule has 1 fully saturated rings. The van der Waals surface area contributed by atoms with E-state index in [1.54, 1.807) is 12.1 Å². The lowest BCUT2D eigenvalue weighted by Gasteiger charge is -2.21. The molecule has 2 rings (SSSR count). The average molecular weight is 261 g/mol. The zero-order chi connectivity index (χ0) is 13.2. The Kier molecular flexibility index (Phi) is 3.49. The quantitative estimate of drug-likeness (QED) is 0.907. The monoisotopic (exact) mass is 261 g/mol. The van der Waals surface area contributed by atoms with Crippen LogP contribution in [0.1, 0.15) is 12.0 Å². The van der Waals surface area contributed by atoms with E-state index < -0.39 is 11.9 Å².